The Hall–Kier alpha value is -3.08. The Morgan fingerprint density at radius 3 is 2.73 bits per heavy atom. The molecule has 3 aromatic carbocycles. The van der Waals surface area contributed by atoms with E-state index in [0.717, 1.165) is 10.9 Å². The Labute approximate surface area is 233 Å². The molecule has 1 heterocycles. The number of para-hydroxylation sites is 1. The van der Waals surface area contributed by atoms with Crippen molar-refractivity contribution in [3.63, 3.8) is 0 Å². The normalized spacial score (nSPS) is 11.3. The highest BCUT2D eigenvalue weighted by Crippen LogP contribution is 2.34. The predicted molar refractivity (Wildman–Crippen MR) is 150 cm³/mol. The Morgan fingerprint density at radius 1 is 1.22 bits per heavy atom. The summed E-state index contributed by atoms with van der Waals surface area (Å²) in [5, 5.41) is 7.51. The molecule has 0 aliphatic carbocycles. The van der Waals surface area contributed by atoms with Gasteiger partial charge in [-0.3, -0.25) is 9.59 Å². The molecule has 0 unspecified atom stereocenters. The van der Waals surface area contributed by atoms with Crippen molar-refractivity contribution in [2.45, 2.75) is 19.8 Å². The first-order valence-electron chi connectivity index (χ1n) is 11.2. The highest BCUT2D eigenvalue weighted by molar-refractivity contribution is 9.10. The standard InChI is InChI=1S/C26H20Br2ClFN4O3/c1-2-5-23-32-21-9-8-16(27)12-17(21)26(36)34(23)31-13-15-10-18(28)25(19(29)11-15)37-14-24(35)33-22-7-4-3-6-20(22)30/h3-4,6-13H,2,5,14H2,1H3,(H,33,35). The van der Waals surface area contributed by atoms with E-state index < -0.39 is 11.7 Å². The molecule has 0 aliphatic heterocycles. The fourth-order valence-corrected chi connectivity index (χ4v) is 4.85. The zero-order valence-electron chi connectivity index (χ0n) is 19.5. The van der Waals surface area contributed by atoms with E-state index in [1.165, 1.54) is 29.1 Å². The SMILES string of the molecule is CCCc1nc2ccc(Br)cc2c(=O)n1N=Cc1cc(Cl)c(OCC(=O)Nc2ccccc2F)c(Br)c1. The van der Waals surface area contributed by atoms with Gasteiger partial charge in [-0.1, -0.05) is 46.6 Å². The van der Waals surface area contributed by atoms with Crippen molar-refractivity contribution in [3.8, 4) is 5.75 Å². The molecule has 1 aromatic heterocycles. The fourth-order valence-electron chi connectivity index (χ4n) is 3.50. The minimum Gasteiger partial charge on any atom is -0.481 e. The minimum absolute atomic E-state index is 0.0565. The molecular formula is C26H20Br2ClFN4O3. The molecule has 0 aliphatic rings. The predicted octanol–water partition coefficient (Wildman–Crippen LogP) is 6.57. The van der Waals surface area contributed by atoms with Crippen molar-refractivity contribution < 1.29 is 13.9 Å². The van der Waals surface area contributed by atoms with Crippen LogP contribution in [0.5, 0.6) is 5.75 Å². The molecule has 1 N–H and O–H groups in total. The second-order valence-electron chi connectivity index (χ2n) is 7.93. The zero-order valence-corrected chi connectivity index (χ0v) is 23.4. The Balaban J connectivity index is 1.55. The van der Waals surface area contributed by atoms with E-state index in [4.69, 9.17) is 16.3 Å². The van der Waals surface area contributed by atoms with Gasteiger partial charge in [-0.05, 0) is 70.4 Å². The number of ether oxygens (including phenoxy) is 1. The van der Waals surface area contributed by atoms with Gasteiger partial charge in [0, 0.05) is 10.9 Å². The monoisotopic (exact) mass is 648 g/mol. The second kappa shape index (κ2) is 12.0. The summed E-state index contributed by atoms with van der Waals surface area (Å²) in [6.07, 6.45) is 2.86. The summed E-state index contributed by atoms with van der Waals surface area (Å²) in [4.78, 5) is 30.0. The minimum atomic E-state index is -0.547. The summed E-state index contributed by atoms with van der Waals surface area (Å²) in [5.74, 6) is -0.306. The van der Waals surface area contributed by atoms with Crippen LogP contribution in [0, 0.1) is 5.82 Å². The lowest BCUT2D eigenvalue weighted by atomic mass is 10.2. The molecule has 0 saturated carbocycles. The van der Waals surface area contributed by atoms with E-state index in [1.807, 2.05) is 13.0 Å². The first-order valence-corrected chi connectivity index (χ1v) is 13.1. The zero-order chi connectivity index (χ0) is 26.5. The number of carbonyl (C=O) groups is 1. The van der Waals surface area contributed by atoms with Crippen molar-refractivity contribution in [1.29, 1.82) is 0 Å². The highest BCUT2D eigenvalue weighted by Gasteiger charge is 2.14. The number of hydrogen-bond acceptors (Lipinski definition) is 5. The van der Waals surface area contributed by atoms with Gasteiger partial charge in [-0.15, -0.1) is 0 Å². The molecule has 11 heteroatoms. The molecule has 0 radical (unpaired) electrons. The van der Waals surface area contributed by atoms with Gasteiger partial charge in [0.25, 0.3) is 11.5 Å². The lowest BCUT2D eigenvalue weighted by Gasteiger charge is -2.12. The highest BCUT2D eigenvalue weighted by atomic mass is 79.9. The van der Waals surface area contributed by atoms with Crippen LogP contribution in [-0.2, 0) is 11.2 Å². The smallest absolute Gasteiger partial charge is 0.282 e. The average Bonchev–Trinajstić information content (AvgIpc) is 2.85. The van der Waals surface area contributed by atoms with E-state index in [1.54, 1.807) is 30.3 Å². The maximum absolute atomic E-state index is 13.7. The van der Waals surface area contributed by atoms with Crippen molar-refractivity contribution >= 4 is 72.2 Å². The molecule has 4 rings (SSSR count). The number of benzene rings is 3. The van der Waals surface area contributed by atoms with Gasteiger partial charge >= 0.3 is 0 Å². The summed E-state index contributed by atoms with van der Waals surface area (Å²) in [7, 11) is 0. The Kier molecular flexibility index (Phi) is 8.73. The van der Waals surface area contributed by atoms with E-state index in [-0.39, 0.29) is 28.6 Å². The number of fused-ring (bicyclic) bond motifs is 1. The Morgan fingerprint density at radius 2 is 2.00 bits per heavy atom. The number of aryl methyl sites for hydroxylation is 1. The van der Waals surface area contributed by atoms with Crippen LogP contribution in [0.4, 0.5) is 10.1 Å². The maximum Gasteiger partial charge on any atom is 0.282 e. The number of rotatable bonds is 8. The van der Waals surface area contributed by atoms with Crippen LogP contribution in [0.15, 0.2) is 73.4 Å². The third kappa shape index (κ3) is 6.44. The number of carbonyl (C=O) groups excluding carboxylic acids is 1. The number of hydrogen-bond donors (Lipinski definition) is 1. The third-order valence-corrected chi connectivity index (χ3v) is 6.55. The topological polar surface area (TPSA) is 85.6 Å². The van der Waals surface area contributed by atoms with Crippen LogP contribution < -0.4 is 15.6 Å². The van der Waals surface area contributed by atoms with Gasteiger partial charge in [0.05, 0.1) is 32.3 Å². The molecule has 7 nitrogen and oxygen atoms in total. The summed E-state index contributed by atoms with van der Waals surface area (Å²) < 4.78 is 21.8. The number of aromatic nitrogens is 2. The van der Waals surface area contributed by atoms with E-state index in [9.17, 15) is 14.0 Å². The van der Waals surface area contributed by atoms with E-state index in [2.05, 4.69) is 47.3 Å². The van der Waals surface area contributed by atoms with Crippen molar-refractivity contribution in [2.75, 3.05) is 11.9 Å². The number of anilines is 1. The molecule has 0 bridgehead atoms. The largest absolute Gasteiger partial charge is 0.481 e. The van der Waals surface area contributed by atoms with Crippen LogP contribution in [0.1, 0.15) is 24.7 Å². The fraction of sp³-hybridized carbons (Fsp3) is 0.154. The van der Waals surface area contributed by atoms with Crippen LogP contribution in [0.3, 0.4) is 0 Å². The van der Waals surface area contributed by atoms with Gasteiger partial charge in [-0.25, -0.2) is 9.37 Å². The number of amides is 1. The summed E-state index contributed by atoms with van der Waals surface area (Å²) in [5.41, 5.74) is 0.969. The van der Waals surface area contributed by atoms with Crippen molar-refractivity contribution in [3.05, 3.63) is 96.1 Å². The van der Waals surface area contributed by atoms with Crippen LogP contribution in [-0.4, -0.2) is 28.4 Å². The second-order valence-corrected chi connectivity index (χ2v) is 10.1. The van der Waals surface area contributed by atoms with Crippen LogP contribution in [0.2, 0.25) is 5.02 Å². The molecule has 0 fully saturated rings. The molecule has 4 aromatic rings. The number of nitrogens with zero attached hydrogens (tertiary/aromatic N) is 3. The molecule has 0 saturated heterocycles. The van der Waals surface area contributed by atoms with Gasteiger partial charge in [0.15, 0.2) is 12.4 Å². The maximum atomic E-state index is 13.7. The van der Waals surface area contributed by atoms with Gasteiger partial charge < -0.3 is 10.1 Å². The van der Waals surface area contributed by atoms with Gasteiger partial charge in [-0.2, -0.15) is 9.78 Å². The third-order valence-electron chi connectivity index (χ3n) is 5.19. The van der Waals surface area contributed by atoms with Crippen molar-refractivity contribution in [2.24, 2.45) is 5.10 Å². The number of halogens is 4. The van der Waals surface area contributed by atoms with Crippen LogP contribution >= 0.6 is 43.5 Å². The first-order chi connectivity index (χ1) is 17.8. The van der Waals surface area contributed by atoms with Crippen molar-refractivity contribution in [1.82, 2.24) is 9.66 Å². The summed E-state index contributed by atoms with van der Waals surface area (Å²) >= 11 is 13.2. The summed E-state index contributed by atoms with van der Waals surface area (Å²) in [6.45, 7) is 1.62. The van der Waals surface area contributed by atoms with E-state index >= 15 is 0 Å². The first kappa shape index (κ1) is 27.0. The van der Waals surface area contributed by atoms with E-state index in [0.29, 0.717) is 33.2 Å². The molecule has 37 heavy (non-hydrogen) atoms. The molecular weight excluding hydrogens is 631 g/mol. The molecule has 0 atom stereocenters. The quantitative estimate of drug-likeness (QED) is 0.219. The number of nitrogens with one attached hydrogen (secondary N) is 1. The van der Waals surface area contributed by atoms with Crippen LogP contribution in [0.25, 0.3) is 10.9 Å². The van der Waals surface area contributed by atoms with Gasteiger partial charge in [0.2, 0.25) is 0 Å². The van der Waals surface area contributed by atoms with Gasteiger partial charge in [0.1, 0.15) is 11.6 Å². The lowest BCUT2D eigenvalue weighted by molar-refractivity contribution is -0.118. The summed E-state index contributed by atoms with van der Waals surface area (Å²) in [6, 6.07) is 14.5. The lowest BCUT2D eigenvalue weighted by Crippen LogP contribution is -2.22. The molecule has 190 valence electrons. The molecule has 1 amide bonds. The average molecular weight is 651 g/mol. The Bertz CT molecular complexity index is 1550. The molecule has 0 spiro atoms.